The second-order valence-electron chi connectivity index (χ2n) is 3.57. The van der Waals surface area contributed by atoms with Crippen LogP contribution in [0.4, 0.5) is 0 Å². The molecule has 1 unspecified atom stereocenters. The van der Waals surface area contributed by atoms with Crippen LogP contribution in [-0.2, 0) is 23.8 Å². The molecule has 0 radical (unpaired) electrons. The fraction of sp³-hybridized carbons (Fsp3) is 0.800. The van der Waals surface area contributed by atoms with Gasteiger partial charge in [0.2, 0.25) is 0 Å². The topological polar surface area (TPSA) is 64.8 Å². The third-order valence-electron chi connectivity index (χ3n) is 2.49. The summed E-state index contributed by atoms with van der Waals surface area (Å²) < 4.78 is 14.3. The van der Waals surface area contributed by atoms with Crippen LogP contribution in [0.25, 0.3) is 0 Å². The summed E-state index contributed by atoms with van der Waals surface area (Å²) in [6.45, 7) is 2.87. The molecule has 0 spiro atoms. The molecule has 1 saturated heterocycles. The standard InChI is InChI=1S/C10H17NO5/c1-7(9(12)15-3)11-6-8(11)10(13)16-5-4-14-2/h7-8H,4-6H2,1-3H3/t7-,8+,11?/m1/s1. The molecule has 1 heterocycles. The normalized spacial score (nSPS) is 24.7. The van der Waals surface area contributed by atoms with Gasteiger partial charge in [0, 0.05) is 13.7 Å². The van der Waals surface area contributed by atoms with Gasteiger partial charge in [-0.1, -0.05) is 0 Å². The number of esters is 2. The summed E-state index contributed by atoms with van der Waals surface area (Å²) in [5.41, 5.74) is 0. The van der Waals surface area contributed by atoms with E-state index in [1.54, 1.807) is 11.8 Å². The molecule has 6 heteroatoms. The maximum atomic E-state index is 11.4. The van der Waals surface area contributed by atoms with Crippen LogP contribution >= 0.6 is 0 Å². The minimum atomic E-state index is -0.398. The molecule has 1 aliphatic rings. The number of nitrogens with zero attached hydrogens (tertiary/aromatic N) is 1. The lowest BCUT2D eigenvalue weighted by Crippen LogP contribution is -2.30. The first-order valence-corrected chi connectivity index (χ1v) is 5.11. The molecule has 0 amide bonds. The SMILES string of the molecule is COCCOC(=O)[C@@H]1CN1[C@H](C)C(=O)OC. The Hall–Kier alpha value is -1.14. The summed E-state index contributed by atoms with van der Waals surface area (Å²) in [4.78, 5) is 24.3. The molecule has 1 rings (SSSR count). The zero-order chi connectivity index (χ0) is 12.1. The smallest absolute Gasteiger partial charge is 0.324 e. The van der Waals surface area contributed by atoms with Crippen molar-refractivity contribution in [3.8, 4) is 0 Å². The van der Waals surface area contributed by atoms with Crippen molar-refractivity contribution >= 4 is 11.9 Å². The highest BCUT2D eigenvalue weighted by Gasteiger charge is 2.47. The molecule has 1 fully saturated rings. The van der Waals surface area contributed by atoms with Gasteiger partial charge in [0.15, 0.2) is 0 Å². The molecule has 0 N–H and O–H groups in total. The number of hydrogen-bond acceptors (Lipinski definition) is 6. The maximum Gasteiger partial charge on any atom is 0.324 e. The first-order valence-electron chi connectivity index (χ1n) is 5.11. The van der Waals surface area contributed by atoms with Crippen LogP contribution in [0.15, 0.2) is 0 Å². The van der Waals surface area contributed by atoms with Gasteiger partial charge in [-0.25, -0.2) is 0 Å². The number of methoxy groups -OCH3 is 2. The Balaban J connectivity index is 2.27. The van der Waals surface area contributed by atoms with Crippen molar-refractivity contribution in [3.05, 3.63) is 0 Å². The molecular weight excluding hydrogens is 214 g/mol. The zero-order valence-electron chi connectivity index (χ0n) is 9.76. The zero-order valence-corrected chi connectivity index (χ0v) is 9.76. The van der Waals surface area contributed by atoms with E-state index in [0.29, 0.717) is 13.2 Å². The average Bonchev–Trinajstić information content (AvgIpc) is 3.07. The molecule has 6 nitrogen and oxygen atoms in total. The minimum Gasteiger partial charge on any atom is -0.468 e. The molecule has 92 valence electrons. The van der Waals surface area contributed by atoms with E-state index in [0.717, 1.165) is 0 Å². The molecule has 0 aromatic heterocycles. The lowest BCUT2D eigenvalue weighted by molar-refractivity contribution is -0.147. The summed E-state index contributed by atoms with van der Waals surface area (Å²) in [7, 11) is 2.87. The van der Waals surface area contributed by atoms with Crippen LogP contribution in [0.3, 0.4) is 0 Å². The number of hydrogen-bond donors (Lipinski definition) is 0. The van der Waals surface area contributed by atoms with Gasteiger partial charge < -0.3 is 14.2 Å². The third kappa shape index (κ3) is 3.18. The van der Waals surface area contributed by atoms with E-state index in [1.807, 2.05) is 0 Å². The van der Waals surface area contributed by atoms with Gasteiger partial charge in [0.1, 0.15) is 18.7 Å². The second-order valence-corrected chi connectivity index (χ2v) is 3.57. The Morgan fingerprint density at radius 2 is 2.06 bits per heavy atom. The van der Waals surface area contributed by atoms with Crippen molar-refractivity contribution in [3.63, 3.8) is 0 Å². The highest BCUT2D eigenvalue weighted by molar-refractivity contribution is 5.82. The monoisotopic (exact) mass is 231 g/mol. The third-order valence-corrected chi connectivity index (χ3v) is 2.49. The highest BCUT2D eigenvalue weighted by atomic mass is 16.6. The van der Waals surface area contributed by atoms with Crippen molar-refractivity contribution in [2.75, 3.05) is 34.0 Å². The fourth-order valence-electron chi connectivity index (χ4n) is 1.42. The quantitative estimate of drug-likeness (QED) is 0.346. The van der Waals surface area contributed by atoms with E-state index in [1.165, 1.54) is 14.2 Å². The number of rotatable bonds is 6. The van der Waals surface area contributed by atoms with E-state index < -0.39 is 6.04 Å². The summed E-state index contributed by atoms with van der Waals surface area (Å²) in [6, 6.07) is -0.712. The van der Waals surface area contributed by atoms with Gasteiger partial charge in [-0.2, -0.15) is 0 Å². The molecule has 16 heavy (non-hydrogen) atoms. The van der Waals surface area contributed by atoms with Crippen molar-refractivity contribution < 1.29 is 23.8 Å². The first-order chi connectivity index (χ1) is 7.61. The van der Waals surface area contributed by atoms with Crippen LogP contribution in [0.2, 0.25) is 0 Å². The van der Waals surface area contributed by atoms with Crippen molar-refractivity contribution in [2.24, 2.45) is 0 Å². The largest absolute Gasteiger partial charge is 0.468 e. The van der Waals surface area contributed by atoms with Gasteiger partial charge in [-0.15, -0.1) is 0 Å². The van der Waals surface area contributed by atoms with Crippen molar-refractivity contribution in [1.82, 2.24) is 4.90 Å². The lowest BCUT2D eigenvalue weighted by Gasteiger charge is -2.10. The molecule has 1 aliphatic heterocycles. The van der Waals surface area contributed by atoms with Gasteiger partial charge >= 0.3 is 11.9 Å². The van der Waals surface area contributed by atoms with Crippen molar-refractivity contribution in [2.45, 2.75) is 19.0 Å². The van der Waals surface area contributed by atoms with Crippen LogP contribution < -0.4 is 0 Å². The Morgan fingerprint density at radius 3 is 2.62 bits per heavy atom. The van der Waals surface area contributed by atoms with E-state index in [4.69, 9.17) is 9.47 Å². The predicted octanol–water partition coefficient (Wildman–Crippen LogP) is -0.578. The van der Waals surface area contributed by atoms with Gasteiger partial charge in [0.25, 0.3) is 0 Å². The fourth-order valence-corrected chi connectivity index (χ4v) is 1.42. The van der Waals surface area contributed by atoms with E-state index in [2.05, 4.69) is 4.74 Å². The Labute approximate surface area is 94.4 Å². The lowest BCUT2D eigenvalue weighted by atomic mass is 10.3. The molecule has 0 bridgehead atoms. The predicted molar refractivity (Wildman–Crippen MR) is 54.8 cm³/mol. The number of carbonyl (C=O) groups is 2. The first kappa shape index (κ1) is 12.9. The minimum absolute atomic E-state index is 0.242. The van der Waals surface area contributed by atoms with Gasteiger partial charge in [-0.05, 0) is 6.92 Å². The summed E-state index contributed by atoms with van der Waals surface area (Å²) >= 11 is 0. The molecule has 0 aromatic carbocycles. The molecule has 0 aromatic rings. The number of carbonyl (C=O) groups excluding carboxylic acids is 2. The van der Waals surface area contributed by atoms with E-state index >= 15 is 0 Å². The molecule has 0 aliphatic carbocycles. The Kier molecular flexibility index (Phi) is 4.70. The molecular formula is C10H17NO5. The Bertz CT molecular complexity index is 268. The second kappa shape index (κ2) is 5.81. The van der Waals surface area contributed by atoms with Crippen LogP contribution in [0, 0.1) is 0 Å². The summed E-state index contributed by atoms with van der Waals surface area (Å²) in [6.07, 6.45) is 0. The van der Waals surface area contributed by atoms with E-state index in [9.17, 15) is 9.59 Å². The van der Waals surface area contributed by atoms with E-state index in [-0.39, 0.29) is 24.6 Å². The van der Waals surface area contributed by atoms with Crippen LogP contribution in [0.5, 0.6) is 0 Å². The van der Waals surface area contributed by atoms with Gasteiger partial charge in [-0.3, -0.25) is 14.5 Å². The van der Waals surface area contributed by atoms with Crippen LogP contribution in [-0.4, -0.2) is 62.9 Å². The molecule has 3 atom stereocenters. The Morgan fingerprint density at radius 1 is 1.38 bits per heavy atom. The maximum absolute atomic E-state index is 11.4. The summed E-state index contributed by atoms with van der Waals surface area (Å²) in [5.74, 6) is -0.653. The summed E-state index contributed by atoms with van der Waals surface area (Å²) in [5, 5.41) is 0. The highest BCUT2D eigenvalue weighted by Crippen LogP contribution is 2.23. The van der Waals surface area contributed by atoms with Crippen LogP contribution in [0.1, 0.15) is 6.92 Å². The van der Waals surface area contributed by atoms with Gasteiger partial charge in [0.05, 0.1) is 13.7 Å². The molecule has 0 saturated carbocycles. The number of ether oxygens (including phenoxy) is 3. The van der Waals surface area contributed by atoms with Crippen molar-refractivity contribution in [1.29, 1.82) is 0 Å². The average molecular weight is 231 g/mol.